The normalized spacial score (nSPS) is 13.5. The Balaban J connectivity index is 0.000000482. The SMILES string of the molecule is [C-]1=Cc2ccccc2C1n1cccc1.[Cl-].[Cl-].[Ti+4].c1cc[cH-]c1. The Labute approximate surface area is 159 Å². The first-order chi connectivity index (χ1) is 9.45. The zero-order valence-corrected chi connectivity index (χ0v) is 14.9. The molecular weight excluding hydrogens is 349 g/mol. The summed E-state index contributed by atoms with van der Waals surface area (Å²) in [5, 5.41) is 0. The minimum Gasteiger partial charge on any atom is -1.00 e. The molecule has 0 radical (unpaired) electrons. The number of rotatable bonds is 1. The minimum absolute atomic E-state index is 0. The maximum atomic E-state index is 3.36. The molecule has 4 rings (SSSR count). The molecule has 0 spiro atoms. The van der Waals surface area contributed by atoms with Crippen LogP contribution in [0.25, 0.3) is 6.08 Å². The zero-order valence-electron chi connectivity index (χ0n) is 11.9. The van der Waals surface area contributed by atoms with E-state index >= 15 is 0 Å². The van der Waals surface area contributed by atoms with Crippen LogP contribution in [0.15, 0.2) is 79.1 Å². The van der Waals surface area contributed by atoms with E-state index in [2.05, 4.69) is 53.4 Å². The summed E-state index contributed by atoms with van der Waals surface area (Å²) in [5.41, 5.74) is 2.62. The van der Waals surface area contributed by atoms with E-state index in [-0.39, 0.29) is 52.6 Å². The van der Waals surface area contributed by atoms with E-state index in [0.717, 1.165) is 0 Å². The molecule has 110 valence electrons. The van der Waals surface area contributed by atoms with Gasteiger partial charge in [-0.05, 0) is 18.2 Å². The predicted molar refractivity (Wildman–Crippen MR) is 78.8 cm³/mol. The molecule has 0 saturated heterocycles. The van der Waals surface area contributed by atoms with Gasteiger partial charge < -0.3 is 29.4 Å². The van der Waals surface area contributed by atoms with Crippen LogP contribution in [0.4, 0.5) is 0 Å². The van der Waals surface area contributed by atoms with Crippen molar-refractivity contribution in [3.63, 3.8) is 0 Å². The van der Waals surface area contributed by atoms with Gasteiger partial charge in [-0.2, -0.15) is 23.8 Å². The van der Waals surface area contributed by atoms with E-state index < -0.39 is 0 Å². The molecular formula is C18H15Cl2NTi. The molecule has 0 N–H and O–H groups in total. The van der Waals surface area contributed by atoms with Crippen LogP contribution in [0.3, 0.4) is 0 Å². The molecule has 1 aromatic heterocycles. The summed E-state index contributed by atoms with van der Waals surface area (Å²) in [5.74, 6) is 0. The standard InChI is InChI=1S/C13H10N.C5H5.2ClH.Ti/c1-2-6-12-11(5-1)7-8-13(12)14-9-3-4-10-14;1-2-4-5-3-1;;;/h1-7,9-10,13H;1-5H;2*1H;/q2*-1;;;+4/p-2. The first-order valence-corrected chi connectivity index (χ1v) is 6.42. The molecule has 1 unspecified atom stereocenters. The van der Waals surface area contributed by atoms with Crippen LogP contribution >= 0.6 is 0 Å². The van der Waals surface area contributed by atoms with Gasteiger partial charge in [-0.15, -0.1) is 11.6 Å². The van der Waals surface area contributed by atoms with Gasteiger partial charge in [0, 0.05) is 12.4 Å². The fourth-order valence-corrected chi connectivity index (χ4v) is 2.24. The Hall–Kier alpha value is -1.12. The fraction of sp³-hybridized carbons (Fsp3) is 0.0556. The summed E-state index contributed by atoms with van der Waals surface area (Å²) >= 11 is 0. The second kappa shape index (κ2) is 10.6. The molecule has 1 aliphatic rings. The molecule has 0 fully saturated rings. The van der Waals surface area contributed by atoms with Crippen molar-refractivity contribution < 1.29 is 46.5 Å². The number of fused-ring (bicyclic) bond motifs is 1. The Morgan fingerprint density at radius 1 is 0.864 bits per heavy atom. The fourth-order valence-electron chi connectivity index (χ4n) is 2.24. The van der Waals surface area contributed by atoms with E-state index in [1.165, 1.54) is 11.1 Å². The van der Waals surface area contributed by atoms with Crippen molar-refractivity contribution in [1.29, 1.82) is 0 Å². The van der Waals surface area contributed by atoms with E-state index in [0.29, 0.717) is 0 Å². The molecule has 0 aliphatic heterocycles. The molecule has 1 nitrogen and oxygen atoms in total. The van der Waals surface area contributed by atoms with Crippen LogP contribution in [0.5, 0.6) is 0 Å². The summed E-state index contributed by atoms with van der Waals surface area (Å²) in [6, 6.07) is 22.8. The molecule has 1 aliphatic carbocycles. The second-order valence-corrected chi connectivity index (χ2v) is 4.43. The smallest absolute Gasteiger partial charge is 1.00 e. The van der Waals surface area contributed by atoms with Gasteiger partial charge in [0.2, 0.25) is 0 Å². The van der Waals surface area contributed by atoms with Crippen LogP contribution < -0.4 is 24.8 Å². The Morgan fingerprint density at radius 2 is 1.50 bits per heavy atom. The summed E-state index contributed by atoms with van der Waals surface area (Å²) < 4.78 is 2.17. The quantitative estimate of drug-likeness (QED) is 0.359. The van der Waals surface area contributed by atoms with E-state index in [4.69, 9.17) is 0 Å². The molecule has 0 bridgehead atoms. The van der Waals surface area contributed by atoms with Crippen molar-refractivity contribution in [2.24, 2.45) is 0 Å². The van der Waals surface area contributed by atoms with Crippen molar-refractivity contribution in [3.8, 4) is 0 Å². The molecule has 3 aromatic rings. The number of hydrogen-bond acceptors (Lipinski definition) is 0. The van der Waals surface area contributed by atoms with Crippen molar-refractivity contribution in [3.05, 3.63) is 96.3 Å². The Bertz CT molecular complexity index is 628. The number of nitrogens with zero attached hydrogens (tertiary/aromatic N) is 1. The van der Waals surface area contributed by atoms with Gasteiger partial charge in [-0.3, -0.25) is 0 Å². The first-order valence-electron chi connectivity index (χ1n) is 6.42. The summed E-state index contributed by atoms with van der Waals surface area (Å²) in [6.07, 6.45) is 9.59. The van der Waals surface area contributed by atoms with Gasteiger partial charge in [0.05, 0.1) is 0 Å². The third-order valence-electron chi connectivity index (χ3n) is 3.17. The number of benzene rings is 1. The van der Waals surface area contributed by atoms with Crippen LogP contribution in [0.1, 0.15) is 17.2 Å². The maximum Gasteiger partial charge on any atom is 4.00 e. The monoisotopic (exact) mass is 363 g/mol. The van der Waals surface area contributed by atoms with Crippen molar-refractivity contribution in [2.75, 3.05) is 0 Å². The molecule has 0 amide bonds. The molecule has 2 aromatic carbocycles. The molecule has 22 heavy (non-hydrogen) atoms. The molecule has 1 heterocycles. The van der Waals surface area contributed by atoms with E-state index in [1.54, 1.807) is 0 Å². The number of halogens is 2. The zero-order chi connectivity index (χ0) is 12.9. The molecule has 1 atom stereocenters. The van der Waals surface area contributed by atoms with E-state index in [1.807, 2.05) is 42.5 Å². The topological polar surface area (TPSA) is 4.93 Å². The molecule has 0 saturated carbocycles. The summed E-state index contributed by atoms with van der Waals surface area (Å²) in [6.45, 7) is 0. The third-order valence-corrected chi connectivity index (χ3v) is 3.17. The van der Waals surface area contributed by atoms with Gasteiger partial charge in [-0.25, -0.2) is 24.3 Å². The van der Waals surface area contributed by atoms with Crippen LogP contribution in [0, 0.1) is 6.08 Å². The Morgan fingerprint density at radius 3 is 2.09 bits per heavy atom. The van der Waals surface area contributed by atoms with Crippen molar-refractivity contribution in [2.45, 2.75) is 6.04 Å². The van der Waals surface area contributed by atoms with Crippen LogP contribution in [-0.4, -0.2) is 4.57 Å². The summed E-state index contributed by atoms with van der Waals surface area (Å²) in [7, 11) is 0. The van der Waals surface area contributed by atoms with Gasteiger partial charge >= 0.3 is 21.7 Å². The van der Waals surface area contributed by atoms with Gasteiger partial charge in [0.1, 0.15) is 0 Å². The Kier molecular flexibility index (Phi) is 10.0. The largest absolute Gasteiger partial charge is 4.00 e. The third kappa shape index (κ3) is 4.96. The average molecular weight is 364 g/mol. The maximum absolute atomic E-state index is 3.36. The second-order valence-electron chi connectivity index (χ2n) is 4.43. The number of hydrogen-bond donors (Lipinski definition) is 0. The van der Waals surface area contributed by atoms with Crippen LogP contribution in [0.2, 0.25) is 0 Å². The van der Waals surface area contributed by atoms with Crippen molar-refractivity contribution in [1.82, 2.24) is 4.57 Å². The number of aromatic nitrogens is 1. The predicted octanol–water partition coefficient (Wildman–Crippen LogP) is -1.68. The first kappa shape index (κ1) is 20.9. The summed E-state index contributed by atoms with van der Waals surface area (Å²) in [4.78, 5) is 0. The van der Waals surface area contributed by atoms with Gasteiger partial charge in [0.25, 0.3) is 0 Å². The van der Waals surface area contributed by atoms with E-state index in [9.17, 15) is 0 Å². The number of allylic oxidation sites excluding steroid dienone is 1. The minimum atomic E-state index is 0. The van der Waals surface area contributed by atoms with Gasteiger partial charge in [-0.1, -0.05) is 18.2 Å². The average Bonchev–Trinajstić information content (AvgIpc) is 3.21. The van der Waals surface area contributed by atoms with Crippen LogP contribution in [-0.2, 0) is 21.7 Å². The molecule has 4 heteroatoms. The van der Waals surface area contributed by atoms with Gasteiger partial charge in [0.15, 0.2) is 0 Å². The van der Waals surface area contributed by atoms with Crippen molar-refractivity contribution >= 4 is 6.08 Å².